The first kappa shape index (κ1) is 13.3. The molecule has 0 saturated heterocycles. The van der Waals surface area contributed by atoms with Gasteiger partial charge >= 0.3 is 0 Å². The maximum atomic E-state index is 11.9. The average molecular weight is 359 g/mol. The van der Waals surface area contributed by atoms with Gasteiger partial charge < -0.3 is 9.73 Å². The molecule has 2 aromatic heterocycles. The highest BCUT2D eigenvalue weighted by Crippen LogP contribution is 1.99. The summed E-state index contributed by atoms with van der Waals surface area (Å²) in [5.74, 6) is 1.63. The van der Waals surface area contributed by atoms with Crippen molar-refractivity contribution in [2.45, 2.75) is 20.0 Å². The molecule has 96 valence electrons. The summed E-state index contributed by atoms with van der Waals surface area (Å²) in [5, 5.41) is 3.23. The number of halogens is 1. The molecule has 6 heteroatoms. The fourth-order valence-corrected chi connectivity index (χ4v) is 2.06. The second-order valence-corrected chi connectivity index (χ2v) is 5.03. The molecule has 0 amide bonds. The molecule has 0 aromatic carbocycles. The third kappa shape index (κ3) is 3.20. The Morgan fingerprint density at radius 3 is 3.11 bits per heavy atom. The molecule has 0 bridgehead atoms. The molecule has 2 aromatic rings. The van der Waals surface area contributed by atoms with E-state index in [0.717, 1.165) is 11.6 Å². The number of furan rings is 1. The number of rotatable bonds is 5. The Morgan fingerprint density at radius 2 is 2.39 bits per heavy atom. The summed E-state index contributed by atoms with van der Waals surface area (Å²) in [7, 11) is 0. The van der Waals surface area contributed by atoms with Gasteiger partial charge in [0.25, 0.3) is 5.56 Å². The van der Waals surface area contributed by atoms with Crippen LogP contribution >= 0.6 is 22.6 Å². The van der Waals surface area contributed by atoms with Crippen molar-refractivity contribution in [3.05, 3.63) is 50.1 Å². The number of aryl methyl sites for hydroxylation is 1. The van der Waals surface area contributed by atoms with Gasteiger partial charge in [0, 0.05) is 19.3 Å². The molecule has 0 unspecified atom stereocenters. The first-order valence-electron chi connectivity index (χ1n) is 5.63. The van der Waals surface area contributed by atoms with Gasteiger partial charge in [-0.3, -0.25) is 9.36 Å². The molecule has 0 fully saturated rings. The highest BCUT2D eigenvalue weighted by molar-refractivity contribution is 14.1. The SMILES string of the molecule is Cc1ncc(I)c(=O)n1CCNCc1ccco1. The maximum Gasteiger partial charge on any atom is 0.266 e. The molecule has 1 N–H and O–H groups in total. The molecular formula is C12H14IN3O2. The Bertz CT molecular complexity index is 563. The lowest BCUT2D eigenvalue weighted by Gasteiger charge is -2.09. The van der Waals surface area contributed by atoms with E-state index in [0.29, 0.717) is 23.2 Å². The zero-order chi connectivity index (χ0) is 13.0. The van der Waals surface area contributed by atoms with Gasteiger partial charge in [0.15, 0.2) is 0 Å². The van der Waals surface area contributed by atoms with Crippen LogP contribution in [0.15, 0.2) is 33.8 Å². The smallest absolute Gasteiger partial charge is 0.266 e. The topological polar surface area (TPSA) is 60.1 Å². The normalized spacial score (nSPS) is 10.8. The Balaban J connectivity index is 1.91. The van der Waals surface area contributed by atoms with Gasteiger partial charge in [0.05, 0.1) is 16.4 Å². The maximum absolute atomic E-state index is 11.9. The van der Waals surface area contributed by atoms with E-state index in [1.807, 2.05) is 41.6 Å². The van der Waals surface area contributed by atoms with E-state index >= 15 is 0 Å². The highest BCUT2D eigenvalue weighted by atomic mass is 127. The van der Waals surface area contributed by atoms with Gasteiger partial charge in [-0.1, -0.05) is 0 Å². The van der Waals surface area contributed by atoms with Crippen molar-refractivity contribution in [3.8, 4) is 0 Å². The van der Waals surface area contributed by atoms with Crippen LogP contribution < -0.4 is 10.9 Å². The minimum absolute atomic E-state index is 0.0166. The quantitative estimate of drug-likeness (QED) is 0.650. The third-order valence-corrected chi connectivity index (χ3v) is 3.34. The van der Waals surface area contributed by atoms with E-state index in [-0.39, 0.29) is 5.56 Å². The molecule has 18 heavy (non-hydrogen) atoms. The van der Waals surface area contributed by atoms with Crippen molar-refractivity contribution in [1.29, 1.82) is 0 Å². The molecule has 0 spiro atoms. The zero-order valence-corrected chi connectivity index (χ0v) is 12.2. The van der Waals surface area contributed by atoms with E-state index in [2.05, 4.69) is 10.3 Å². The molecule has 2 rings (SSSR count). The number of nitrogens with zero attached hydrogens (tertiary/aromatic N) is 2. The third-order valence-electron chi connectivity index (χ3n) is 2.60. The van der Waals surface area contributed by atoms with E-state index in [1.165, 1.54) is 0 Å². The summed E-state index contributed by atoms with van der Waals surface area (Å²) in [5.41, 5.74) is 0.0166. The van der Waals surface area contributed by atoms with Crippen LogP contribution in [0.25, 0.3) is 0 Å². The van der Waals surface area contributed by atoms with Gasteiger partial charge in [-0.25, -0.2) is 4.98 Å². The van der Waals surface area contributed by atoms with Crippen molar-refractivity contribution >= 4 is 22.6 Å². The van der Waals surface area contributed by atoms with Gasteiger partial charge in [-0.15, -0.1) is 0 Å². The molecule has 0 aliphatic heterocycles. The van der Waals surface area contributed by atoms with Gasteiger partial charge in [-0.05, 0) is 41.6 Å². The summed E-state index contributed by atoms with van der Waals surface area (Å²) in [6.45, 7) is 3.81. The Morgan fingerprint density at radius 1 is 1.56 bits per heavy atom. The van der Waals surface area contributed by atoms with Crippen LogP contribution in [0.3, 0.4) is 0 Å². The predicted molar refractivity (Wildman–Crippen MR) is 76.4 cm³/mol. The van der Waals surface area contributed by atoms with Crippen molar-refractivity contribution in [1.82, 2.24) is 14.9 Å². The lowest BCUT2D eigenvalue weighted by atomic mass is 10.4. The molecule has 0 atom stereocenters. The van der Waals surface area contributed by atoms with Crippen LogP contribution in [0, 0.1) is 10.5 Å². The van der Waals surface area contributed by atoms with E-state index < -0.39 is 0 Å². The van der Waals surface area contributed by atoms with Crippen LogP contribution in [0.5, 0.6) is 0 Å². The van der Waals surface area contributed by atoms with Crippen molar-refractivity contribution in [2.75, 3.05) is 6.54 Å². The van der Waals surface area contributed by atoms with Crippen LogP contribution in [0.4, 0.5) is 0 Å². The molecule has 2 heterocycles. The minimum Gasteiger partial charge on any atom is -0.468 e. The van der Waals surface area contributed by atoms with E-state index in [1.54, 1.807) is 17.0 Å². The number of nitrogens with one attached hydrogen (secondary N) is 1. The van der Waals surface area contributed by atoms with Crippen molar-refractivity contribution in [3.63, 3.8) is 0 Å². The summed E-state index contributed by atoms with van der Waals surface area (Å²) < 4.78 is 7.53. The van der Waals surface area contributed by atoms with Crippen LogP contribution in [-0.4, -0.2) is 16.1 Å². The zero-order valence-electron chi connectivity index (χ0n) is 10.0. The van der Waals surface area contributed by atoms with Gasteiger partial charge in [0.2, 0.25) is 0 Å². The van der Waals surface area contributed by atoms with Crippen LogP contribution in [-0.2, 0) is 13.1 Å². The minimum atomic E-state index is 0.0166. The molecule has 5 nitrogen and oxygen atoms in total. The Kier molecular flexibility index (Phi) is 4.54. The Labute approximate surface area is 118 Å². The predicted octanol–water partition coefficient (Wildman–Crippen LogP) is 1.54. The monoisotopic (exact) mass is 359 g/mol. The van der Waals surface area contributed by atoms with Crippen LogP contribution in [0.1, 0.15) is 11.6 Å². The highest BCUT2D eigenvalue weighted by Gasteiger charge is 2.04. The molecule has 0 saturated carbocycles. The summed E-state index contributed by atoms with van der Waals surface area (Å²) in [4.78, 5) is 16.1. The average Bonchev–Trinajstić information content (AvgIpc) is 2.86. The fraction of sp³-hybridized carbons (Fsp3) is 0.333. The largest absolute Gasteiger partial charge is 0.468 e. The van der Waals surface area contributed by atoms with Crippen molar-refractivity contribution in [2.24, 2.45) is 0 Å². The summed E-state index contributed by atoms with van der Waals surface area (Å²) >= 11 is 2.00. The molecule has 0 radical (unpaired) electrons. The number of hydrogen-bond acceptors (Lipinski definition) is 4. The number of hydrogen-bond donors (Lipinski definition) is 1. The number of aromatic nitrogens is 2. The summed E-state index contributed by atoms with van der Waals surface area (Å²) in [6.07, 6.45) is 3.25. The Hall–Kier alpha value is -1.15. The standard InChI is InChI=1S/C12H14IN3O2/c1-9-15-8-11(13)12(17)16(9)5-4-14-7-10-3-2-6-18-10/h2-3,6,8,14H,4-5,7H2,1H3. The first-order chi connectivity index (χ1) is 8.68. The van der Waals surface area contributed by atoms with Crippen LogP contribution in [0.2, 0.25) is 0 Å². The molecule has 0 aliphatic carbocycles. The first-order valence-corrected chi connectivity index (χ1v) is 6.71. The van der Waals surface area contributed by atoms with Gasteiger partial charge in [-0.2, -0.15) is 0 Å². The summed E-state index contributed by atoms with van der Waals surface area (Å²) in [6, 6.07) is 3.77. The van der Waals surface area contributed by atoms with E-state index in [9.17, 15) is 4.79 Å². The second-order valence-electron chi connectivity index (χ2n) is 3.87. The van der Waals surface area contributed by atoms with Crippen molar-refractivity contribution < 1.29 is 4.42 Å². The van der Waals surface area contributed by atoms with Gasteiger partial charge in [0.1, 0.15) is 11.6 Å². The second kappa shape index (κ2) is 6.14. The molecule has 0 aliphatic rings. The fourth-order valence-electron chi connectivity index (χ4n) is 1.63. The molecular weight excluding hydrogens is 345 g/mol. The lowest BCUT2D eigenvalue weighted by Crippen LogP contribution is -2.30. The van der Waals surface area contributed by atoms with E-state index in [4.69, 9.17) is 4.42 Å². The lowest BCUT2D eigenvalue weighted by molar-refractivity contribution is 0.472.